The van der Waals surface area contributed by atoms with Gasteiger partial charge in [0, 0.05) is 9.75 Å². The molecule has 0 bridgehead atoms. The second kappa shape index (κ2) is 5.95. The summed E-state index contributed by atoms with van der Waals surface area (Å²) in [6.45, 7) is 5.98. The first-order valence-electron chi connectivity index (χ1n) is 6.98. The van der Waals surface area contributed by atoms with Gasteiger partial charge in [-0.1, -0.05) is 6.92 Å². The minimum absolute atomic E-state index is 0.0634. The van der Waals surface area contributed by atoms with Gasteiger partial charge < -0.3 is 10.4 Å². The van der Waals surface area contributed by atoms with Gasteiger partial charge in [-0.3, -0.25) is 9.59 Å². The van der Waals surface area contributed by atoms with Gasteiger partial charge in [-0.2, -0.15) is 0 Å². The lowest BCUT2D eigenvalue weighted by atomic mass is 9.95. The van der Waals surface area contributed by atoms with E-state index in [1.807, 2.05) is 32.9 Å². The summed E-state index contributed by atoms with van der Waals surface area (Å²) in [4.78, 5) is 25.9. The van der Waals surface area contributed by atoms with Crippen molar-refractivity contribution in [1.29, 1.82) is 0 Å². The van der Waals surface area contributed by atoms with Crippen molar-refractivity contribution in [2.75, 3.05) is 0 Å². The van der Waals surface area contributed by atoms with Crippen LogP contribution in [0, 0.1) is 24.7 Å². The van der Waals surface area contributed by atoms with Crippen LogP contribution >= 0.6 is 11.3 Å². The van der Waals surface area contributed by atoms with Crippen LogP contribution in [0.15, 0.2) is 12.1 Å². The molecule has 1 aliphatic rings. The predicted molar refractivity (Wildman–Crippen MR) is 78.6 cm³/mol. The lowest BCUT2D eigenvalue weighted by Crippen LogP contribution is -2.36. The zero-order valence-electron chi connectivity index (χ0n) is 12.1. The number of carboxylic acid groups (broad SMARTS) is 1. The minimum atomic E-state index is -0.853. The van der Waals surface area contributed by atoms with Crippen LogP contribution in [0.25, 0.3) is 0 Å². The third kappa shape index (κ3) is 3.20. The fourth-order valence-corrected chi connectivity index (χ4v) is 3.81. The number of carbonyl (C=O) groups is 2. The van der Waals surface area contributed by atoms with Crippen LogP contribution in [0.4, 0.5) is 0 Å². The summed E-state index contributed by atoms with van der Waals surface area (Å²) < 4.78 is 0. The fourth-order valence-electron chi connectivity index (χ4n) is 2.93. The average molecular weight is 295 g/mol. The number of carboxylic acids is 1. The molecule has 0 aliphatic heterocycles. The maximum atomic E-state index is 12.3. The molecule has 2 unspecified atom stereocenters. The molecule has 1 saturated carbocycles. The number of carbonyl (C=O) groups excluding carboxylic acids is 1. The highest BCUT2D eigenvalue weighted by molar-refractivity contribution is 7.12. The Balaban J connectivity index is 2.02. The van der Waals surface area contributed by atoms with Crippen LogP contribution in [0.5, 0.6) is 0 Å². The van der Waals surface area contributed by atoms with E-state index in [4.69, 9.17) is 0 Å². The van der Waals surface area contributed by atoms with Crippen LogP contribution in [0.2, 0.25) is 0 Å². The summed E-state index contributed by atoms with van der Waals surface area (Å²) >= 11 is 1.66. The summed E-state index contributed by atoms with van der Waals surface area (Å²) in [6.07, 6.45) is 1.26. The van der Waals surface area contributed by atoms with E-state index in [2.05, 4.69) is 5.32 Å². The van der Waals surface area contributed by atoms with Crippen molar-refractivity contribution in [3.63, 3.8) is 0 Å². The molecule has 4 nitrogen and oxygen atoms in total. The van der Waals surface area contributed by atoms with Crippen molar-refractivity contribution in [3.05, 3.63) is 21.9 Å². The van der Waals surface area contributed by atoms with Crippen LogP contribution < -0.4 is 5.32 Å². The van der Waals surface area contributed by atoms with Crippen LogP contribution in [0.3, 0.4) is 0 Å². The Morgan fingerprint density at radius 3 is 2.55 bits per heavy atom. The molecule has 0 saturated heterocycles. The summed E-state index contributed by atoms with van der Waals surface area (Å²) in [6, 6.07) is 3.98. The van der Waals surface area contributed by atoms with Crippen molar-refractivity contribution in [1.82, 2.24) is 5.32 Å². The molecule has 2 rings (SSSR count). The van der Waals surface area contributed by atoms with E-state index in [1.54, 1.807) is 11.3 Å². The second-order valence-electron chi connectivity index (χ2n) is 5.81. The molecule has 5 heteroatoms. The third-order valence-electron chi connectivity index (χ3n) is 4.00. The van der Waals surface area contributed by atoms with Gasteiger partial charge in [-0.25, -0.2) is 0 Å². The normalized spacial score (nSPS) is 27.2. The quantitative estimate of drug-likeness (QED) is 0.897. The molecule has 1 amide bonds. The molecular formula is C15H21NO3S. The Morgan fingerprint density at radius 2 is 2.00 bits per heavy atom. The number of rotatable bonds is 4. The lowest BCUT2D eigenvalue weighted by Gasteiger charge is -2.19. The summed E-state index contributed by atoms with van der Waals surface area (Å²) in [5.74, 6) is -1.62. The molecule has 1 aliphatic carbocycles. The van der Waals surface area contributed by atoms with E-state index in [0.717, 1.165) is 4.88 Å². The van der Waals surface area contributed by atoms with Gasteiger partial charge in [0.05, 0.1) is 17.9 Å². The van der Waals surface area contributed by atoms with Gasteiger partial charge in [-0.05, 0) is 44.7 Å². The van der Waals surface area contributed by atoms with Gasteiger partial charge in [0.15, 0.2) is 0 Å². The topological polar surface area (TPSA) is 66.4 Å². The van der Waals surface area contributed by atoms with Crippen molar-refractivity contribution < 1.29 is 14.7 Å². The highest BCUT2D eigenvalue weighted by atomic mass is 32.1. The first-order chi connectivity index (χ1) is 9.38. The number of nitrogens with one attached hydrogen (secondary N) is 1. The SMILES string of the molecule is Cc1ccc(C(C)NC(=O)[C@H]2CC(C)C[C@H]2C(=O)O)s1. The molecule has 20 heavy (non-hydrogen) atoms. The largest absolute Gasteiger partial charge is 0.481 e. The molecule has 1 fully saturated rings. The first-order valence-corrected chi connectivity index (χ1v) is 7.79. The fraction of sp³-hybridized carbons (Fsp3) is 0.600. The molecule has 0 radical (unpaired) electrons. The summed E-state index contributed by atoms with van der Waals surface area (Å²) in [5.41, 5.74) is 0. The maximum absolute atomic E-state index is 12.3. The van der Waals surface area contributed by atoms with Crippen molar-refractivity contribution >= 4 is 23.2 Å². The maximum Gasteiger partial charge on any atom is 0.307 e. The minimum Gasteiger partial charge on any atom is -0.481 e. The number of hydrogen-bond donors (Lipinski definition) is 2. The van der Waals surface area contributed by atoms with E-state index in [-0.39, 0.29) is 11.9 Å². The van der Waals surface area contributed by atoms with Crippen molar-refractivity contribution in [3.8, 4) is 0 Å². The smallest absolute Gasteiger partial charge is 0.307 e. The number of hydrogen-bond acceptors (Lipinski definition) is 3. The molecule has 2 N–H and O–H groups in total. The molecule has 0 spiro atoms. The molecule has 1 heterocycles. The molecular weight excluding hydrogens is 274 g/mol. The van der Waals surface area contributed by atoms with E-state index in [9.17, 15) is 14.7 Å². The monoisotopic (exact) mass is 295 g/mol. The van der Waals surface area contributed by atoms with Gasteiger partial charge in [-0.15, -0.1) is 11.3 Å². The number of thiophene rings is 1. The predicted octanol–water partition coefficient (Wildman–Crippen LogP) is 2.98. The molecule has 110 valence electrons. The van der Waals surface area contributed by atoms with Crippen LogP contribution in [0.1, 0.15) is 42.5 Å². The summed E-state index contributed by atoms with van der Waals surface area (Å²) in [7, 11) is 0. The van der Waals surface area contributed by atoms with Crippen molar-refractivity contribution in [2.45, 2.75) is 39.7 Å². The molecule has 1 aromatic heterocycles. The Bertz CT molecular complexity index is 511. The highest BCUT2D eigenvalue weighted by Crippen LogP contribution is 2.37. The van der Waals surface area contributed by atoms with Gasteiger partial charge in [0.2, 0.25) is 5.91 Å². The van der Waals surface area contributed by atoms with Crippen LogP contribution in [-0.4, -0.2) is 17.0 Å². The Kier molecular flexibility index (Phi) is 4.48. The van der Waals surface area contributed by atoms with Gasteiger partial charge >= 0.3 is 5.97 Å². The first kappa shape index (κ1) is 15.0. The summed E-state index contributed by atoms with van der Waals surface area (Å²) in [5, 5.41) is 12.2. The van der Waals surface area contributed by atoms with Gasteiger partial charge in [0.25, 0.3) is 0 Å². The Hall–Kier alpha value is -1.36. The number of amides is 1. The highest BCUT2D eigenvalue weighted by Gasteiger charge is 2.41. The molecule has 0 aromatic carbocycles. The molecule has 4 atom stereocenters. The van der Waals surface area contributed by atoms with E-state index >= 15 is 0 Å². The zero-order chi connectivity index (χ0) is 14.9. The van der Waals surface area contributed by atoms with Crippen molar-refractivity contribution in [2.24, 2.45) is 17.8 Å². The molecule has 1 aromatic rings. The second-order valence-corrected chi connectivity index (χ2v) is 7.13. The van der Waals surface area contributed by atoms with E-state index in [0.29, 0.717) is 18.8 Å². The number of aryl methyl sites for hydroxylation is 1. The van der Waals surface area contributed by atoms with Gasteiger partial charge in [0.1, 0.15) is 0 Å². The number of aliphatic carboxylic acids is 1. The zero-order valence-corrected chi connectivity index (χ0v) is 12.9. The van der Waals surface area contributed by atoms with Crippen LogP contribution in [-0.2, 0) is 9.59 Å². The Labute approximate surface area is 123 Å². The third-order valence-corrected chi connectivity index (χ3v) is 5.18. The standard InChI is InChI=1S/C15H21NO3S/c1-8-6-11(12(7-8)15(18)19)14(17)16-10(3)13-5-4-9(2)20-13/h4-5,8,10-12H,6-7H2,1-3H3,(H,16,17)(H,18,19)/t8?,10?,11-,12+/m0/s1. The Morgan fingerprint density at radius 1 is 1.35 bits per heavy atom. The average Bonchev–Trinajstić information content (AvgIpc) is 2.95. The lowest BCUT2D eigenvalue weighted by molar-refractivity contribution is -0.146. The van der Waals surface area contributed by atoms with E-state index in [1.165, 1.54) is 4.88 Å². The van der Waals surface area contributed by atoms with E-state index < -0.39 is 17.8 Å².